The molecule has 2 amide bonds. The summed E-state index contributed by atoms with van der Waals surface area (Å²) >= 11 is 12.7. The lowest BCUT2D eigenvalue weighted by Gasteiger charge is -2.34. The van der Waals surface area contributed by atoms with Crippen LogP contribution in [0.15, 0.2) is 114 Å². The largest absolute Gasteiger partial charge is 0.352 e. The third-order valence-electron chi connectivity index (χ3n) is 7.97. The van der Waals surface area contributed by atoms with E-state index in [4.69, 9.17) is 23.2 Å². The number of anilines is 1. The third kappa shape index (κ3) is 8.25. The minimum atomic E-state index is -4.22. The van der Waals surface area contributed by atoms with E-state index in [9.17, 15) is 18.0 Å². The Hall–Kier alpha value is -3.85. The highest BCUT2D eigenvalue weighted by atomic mass is 35.5. The van der Waals surface area contributed by atoms with E-state index in [-0.39, 0.29) is 40.5 Å². The van der Waals surface area contributed by atoms with Gasteiger partial charge in [0.2, 0.25) is 11.8 Å². The molecule has 1 aliphatic rings. The van der Waals surface area contributed by atoms with Crippen molar-refractivity contribution >= 4 is 50.7 Å². The smallest absolute Gasteiger partial charge is 0.264 e. The van der Waals surface area contributed by atoms with Crippen LogP contribution in [-0.4, -0.2) is 43.8 Å². The van der Waals surface area contributed by atoms with Crippen LogP contribution >= 0.6 is 23.2 Å². The zero-order valence-electron chi connectivity index (χ0n) is 24.7. The number of sulfonamides is 1. The minimum Gasteiger partial charge on any atom is -0.352 e. The van der Waals surface area contributed by atoms with Gasteiger partial charge in [-0.15, -0.1) is 0 Å². The Balaban J connectivity index is 1.56. The molecular formula is C35H35Cl2N3O4S. The molecule has 1 aliphatic carbocycles. The zero-order valence-corrected chi connectivity index (χ0v) is 27.0. The second-order valence-corrected chi connectivity index (χ2v) is 13.8. The Morgan fingerprint density at radius 2 is 1.38 bits per heavy atom. The van der Waals surface area contributed by atoms with Crippen molar-refractivity contribution in [1.29, 1.82) is 0 Å². The van der Waals surface area contributed by atoms with E-state index in [2.05, 4.69) is 5.32 Å². The van der Waals surface area contributed by atoms with Gasteiger partial charge in [-0.2, -0.15) is 0 Å². The molecule has 7 nitrogen and oxygen atoms in total. The van der Waals surface area contributed by atoms with Gasteiger partial charge < -0.3 is 10.2 Å². The maximum Gasteiger partial charge on any atom is 0.264 e. The molecular weight excluding hydrogens is 629 g/mol. The summed E-state index contributed by atoms with van der Waals surface area (Å²) < 4.78 is 29.2. The van der Waals surface area contributed by atoms with Gasteiger partial charge in [0, 0.05) is 24.0 Å². The molecule has 10 heteroatoms. The standard InChI is InChI=1S/C35H35Cl2N3O4S/c36-28-21-19-27(20-22-28)24-39(33(23-26-11-3-1-4-12-26)35(42)38-29-13-7-8-14-29)34(41)25-40(32-18-10-9-17-31(32)37)45(43,44)30-15-5-2-6-16-30/h1-6,9-12,15-22,29,33H,7-8,13-14,23-25H2,(H,38,42)/t33-/m1/s1. The van der Waals surface area contributed by atoms with Crippen LogP contribution in [0.25, 0.3) is 0 Å². The number of hydrogen-bond acceptors (Lipinski definition) is 4. The lowest BCUT2D eigenvalue weighted by molar-refractivity contribution is -0.140. The second kappa shape index (κ2) is 15.0. The first-order valence-corrected chi connectivity index (χ1v) is 17.1. The molecule has 234 valence electrons. The number of amides is 2. The summed E-state index contributed by atoms with van der Waals surface area (Å²) in [6, 6.07) is 30.0. The van der Waals surface area contributed by atoms with Crippen molar-refractivity contribution in [2.75, 3.05) is 10.8 Å². The Labute approximate surface area is 274 Å². The van der Waals surface area contributed by atoms with Crippen LogP contribution in [0.2, 0.25) is 10.0 Å². The fourth-order valence-corrected chi connectivity index (χ4v) is 7.46. The fraction of sp³-hybridized carbons (Fsp3) is 0.257. The molecule has 1 saturated carbocycles. The quantitative estimate of drug-likeness (QED) is 0.179. The number of benzene rings is 4. The van der Waals surface area contributed by atoms with E-state index < -0.39 is 28.5 Å². The molecule has 0 bridgehead atoms. The van der Waals surface area contributed by atoms with Crippen LogP contribution in [0, 0.1) is 0 Å². The third-order valence-corrected chi connectivity index (χ3v) is 10.3. The van der Waals surface area contributed by atoms with E-state index in [1.54, 1.807) is 66.7 Å². The zero-order chi connectivity index (χ0) is 31.8. The van der Waals surface area contributed by atoms with Crippen LogP contribution in [0.5, 0.6) is 0 Å². The molecule has 0 saturated heterocycles. The number of hydrogen-bond donors (Lipinski definition) is 1. The number of para-hydroxylation sites is 1. The van der Waals surface area contributed by atoms with Crippen LogP contribution in [-0.2, 0) is 32.6 Å². The van der Waals surface area contributed by atoms with Crippen molar-refractivity contribution in [2.45, 2.75) is 55.6 Å². The predicted octanol–water partition coefficient (Wildman–Crippen LogP) is 6.89. The minimum absolute atomic E-state index is 0.0155. The van der Waals surface area contributed by atoms with E-state index in [0.29, 0.717) is 5.02 Å². The van der Waals surface area contributed by atoms with Gasteiger partial charge in [0.25, 0.3) is 10.0 Å². The van der Waals surface area contributed by atoms with Gasteiger partial charge in [0.1, 0.15) is 12.6 Å². The summed E-state index contributed by atoms with van der Waals surface area (Å²) in [4.78, 5) is 30.1. The van der Waals surface area contributed by atoms with Crippen molar-refractivity contribution in [3.63, 3.8) is 0 Å². The Bertz CT molecular complexity index is 1700. The SMILES string of the molecule is O=C(NC1CCCC1)[C@@H](Cc1ccccc1)N(Cc1ccc(Cl)cc1)C(=O)CN(c1ccccc1Cl)S(=O)(=O)c1ccccc1. The molecule has 0 unspecified atom stereocenters. The molecule has 45 heavy (non-hydrogen) atoms. The van der Waals surface area contributed by atoms with E-state index >= 15 is 0 Å². The van der Waals surface area contributed by atoms with Gasteiger partial charge in [0.15, 0.2) is 0 Å². The van der Waals surface area contributed by atoms with Crippen LogP contribution in [0.4, 0.5) is 5.69 Å². The highest BCUT2D eigenvalue weighted by Crippen LogP contribution is 2.31. The summed E-state index contributed by atoms with van der Waals surface area (Å²) in [5.41, 5.74) is 1.78. The van der Waals surface area contributed by atoms with Crippen LogP contribution < -0.4 is 9.62 Å². The maximum absolute atomic E-state index is 14.5. The molecule has 1 N–H and O–H groups in total. The molecule has 5 rings (SSSR count). The highest BCUT2D eigenvalue weighted by Gasteiger charge is 2.36. The van der Waals surface area contributed by atoms with Crippen molar-refractivity contribution in [3.05, 3.63) is 130 Å². The number of carbonyl (C=O) groups excluding carboxylic acids is 2. The van der Waals surface area contributed by atoms with Crippen LogP contribution in [0.1, 0.15) is 36.8 Å². The monoisotopic (exact) mass is 663 g/mol. The highest BCUT2D eigenvalue weighted by molar-refractivity contribution is 7.92. The summed E-state index contributed by atoms with van der Waals surface area (Å²) in [6.45, 7) is -0.510. The lowest BCUT2D eigenvalue weighted by atomic mass is 10.0. The predicted molar refractivity (Wildman–Crippen MR) is 179 cm³/mol. The van der Waals surface area contributed by atoms with Gasteiger partial charge in [-0.25, -0.2) is 8.42 Å². The van der Waals surface area contributed by atoms with E-state index in [1.807, 2.05) is 30.3 Å². The lowest BCUT2D eigenvalue weighted by Crippen LogP contribution is -2.54. The molecule has 1 fully saturated rings. The number of halogens is 2. The number of nitrogens with zero attached hydrogens (tertiary/aromatic N) is 2. The Morgan fingerprint density at radius 3 is 2.02 bits per heavy atom. The van der Waals surface area contributed by atoms with Crippen molar-refractivity contribution in [1.82, 2.24) is 10.2 Å². The maximum atomic E-state index is 14.5. The summed E-state index contributed by atoms with van der Waals surface area (Å²) in [5, 5.41) is 3.88. The van der Waals surface area contributed by atoms with Gasteiger partial charge in [-0.3, -0.25) is 13.9 Å². The molecule has 0 radical (unpaired) electrons. The van der Waals surface area contributed by atoms with Gasteiger partial charge >= 0.3 is 0 Å². The van der Waals surface area contributed by atoms with Crippen LogP contribution in [0.3, 0.4) is 0 Å². The number of nitrogens with one attached hydrogen (secondary N) is 1. The molecule has 0 aliphatic heterocycles. The molecule has 0 aromatic heterocycles. The first kappa shape index (κ1) is 32.5. The summed E-state index contributed by atoms with van der Waals surface area (Å²) in [7, 11) is -4.22. The second-order valence-electron chi connectivity index (χ2n) is 11.1. The van der Waals surface area contributed by atoms with E-state index in [1.165, 1.54) is 17.0 Å². The summed E-state index contributed by atoms with van der Waals surface area (Å²) in [5.74, 6) is -0.824. The Morgan fingerprint density at radius 1 is 0.778 bits per heavy atom. The number of carbonyl (C=O) groups is 2. The molecule has 0 heterocycles. The van der Waals surface area contributed by atoms with Gasteiger partial charge in [-0.05, 0) is 60.4 Å². The normalized spacial score (nSPS) is 14.1. The average molecular weight is 665 g/mol. The molecule has 4 aromatic rings. The van der Waals surface area contributed by atoms with Gasteiger partial charge in [0.05, 0.1) is 15.6 Å². The molecule has 1 atom stereocenters. The fourth-order valence-electron chi connectivity index (χ4n) is 5.60. The summed E-state index contributed by atoms with van der Waals surface area (Å²) in [6.07, 6.45) is 4.07. The van der Waals surface area contributed by atoms with Crippen molar-refractivity contribution < 1.29 is 18.0 Å². The van der Waals surface area contributed by atoms with Gasteiger partial charge in [-0.1, -0.05) is 109 Å². The molecule has 0 spiro atoms. The molecule has 4 aromatic carbocycles. The van der Waals surface area contributed by atoms with Crippen molar-refractivity contribution in [3.8, 4) is 0 Å². The first-order chi connectivity index (χ1) is 21.7. The number of rotatable bonds is 12. The van der Waals surface area contributed by atoms with E-state index in [0.717, 1.165) is 41.1 Å². The van der Waals surface area contributed by atoms with Crippen molar-refractivity contribution in [2.24, 2.45) is 0 Å². The first-order valence-electron chi connectivity index (χ1n) is 14.9. The Kier molecular flexibility index (Phi) is 10.8. The topological polar surface area (TPSA) is 86.8 Å². The average Bonchev–Trinajstić information content (AvgIpc) is 3.56.